The molecular formula is C14H18N4O3. The summed E-state index contributed by atoms with van der Waals surface area (Å²) in [7, 11) is 0. The fourth-order valence-electron chi connectivity index (χ4n) is 1.78. The lowest BCUT2D eigenvalue weighted by Crippen LogP contribution is -2.18. The van der Waals surface area contributed by atoms with Crippen LogP contribution in [-0.4, -0.2) is 37.9 Å². The number of aliphatic carboxylic acids is 1. The number of carbonyl (C=O) groups is 1. The quantitative estimate of drug-likeness (QED) is 0.786. The van der Waals surface area contributed by atoms with Crippen LogP contribution in [0.5, 0.6) is 5.75 Å². The van der Waals surface area contributed by atoms with Gasteiger partial charge in [0.05, 0.1) is 6.61 Å². The Balaban J connectivity index is 2.16. The molecule has 0 radical (unpaired) electrons. The first kappa shape index (κ1) is 15.0. The minimum atomic E-state index is -0.983. The Kier molecular flexibility index (Phi) is 4.86. The minimum Gasteiger partial charge on any atom is -0.494 e. The van der Waals surface area contributed by atoms with Crippen molar-refractivity contribution in [2.24, 2.45) is 0 Å². The molecule has 0 spiro atoms. The largest absolute Gasteiger partial charge is 0.494 e. The van der Waals surface area contributed by atoms with Gasteiger partial charge in [-0.25, -0.2) is 9.48 Å². The first-order valence-corrected chi connectivity index (χ1v) is 6.87. The molecule has 21 heavy (non-hydrogen) atoms. The number of ether oxygens (including phenoxy) is 1. The topological polar surface area (TPSA) is 90.1 Å². The molecule has 0 amide bonds. The number of carboxylic acids is 1. The second-order valence-corrected chi connectivity index (χ2v) is 4.69. The maximum atomic E-state index is 11.0. The summed E-state index contributed by atoms with van der Waals surface area (Å²) in [6, 6.07) is 6.47. The van der Waals surface area contributed by atoms with E-state index in [4.69, 9.17) is 9.84 Å². The van der Waals surface area contributed by atoms with Gasteiger partial charge in [0, 0.05) is 5.56 Å². The van der Waals surface area contributed by atoms with Crippen LogP contribution in [0.1, 0.15) is 32.7 Å². The fourth-order valence-corrected chi connectivity index (χ4v) is 1.78. The van der Waals surface area contributed by atoms with E-state index in [9.17, 15) is 4.79 Å². The van der Waals surface area contributed by atoms with Crippen LogP contribution in [0.25, 0.3) is 11.4 Å². The summed E-state index contributed by atoms with van der Waals surface area (Å²) in [6.07, 6.45) is 2.09. The van der Waals surface area contributed by atoms with E-state index in [1.54, 1.807) is 0 Å². The number of nitrogens with zero attached hydrogens (tertiary/aromatic N) is 4. The third-order valence-corrected chi connectivity index (χ3v) is 3.10. The predicted octanol–water partition coefficient (Wildman–Crippen LogP) is 2.16. The van der Waals surface area contributed by atoms with Gasteiger partial charge in [-0.15, -0.1) is 5.10 Å². The van der Waals surface area contributed by atoms with Crippen LogP contribution in [0.2, 0.25) is 0 Å². The molecule has 0 aliphatic heterocycles. The SMILES string of the molecule is CCCCOc1ccc(-c2nnnn2C(C)C(=O)O)cc1. The molecule has 0 bridgehead atoms. The monoisotopic (exact) mass is 290 g/mol. The Hall–Kier alpha value is -2.44. The van der Waals surface area contributed by atoms with Gasteiger partial charge in [-0.3, -0.25) is 0 Å². The molecule has 1 aromatic heterocycles. The van der Waals surface area contributed by atoms with Crippen molar-refractivity contribution >= 4 is 5.97 Å². The van der Waals surface area contributed by atoms with E-state index in [-0.39, 0.29) is 0 Å². The molecule has 7 nitrogen and oxygen atoms in total. The molecule has 112 valence electrons. The molecule has 0 fully saturated rings. The van der Waals surface area contributed by atoms with Crippen LogP contribution < -0.4 is 4.74 Å². The van der Waals surface area contributed by atoms with E-state index in [2.05, 4.69) is 22.4 Å². The maximum absolute atomic E-state index is 11.0. The van der Waals surface area contributed by atoms with E-state index in [0.717, 1.165) is 24.2 Å². The van der Waals surface area contributed by atoms with Crippen molar-refractivity contribution in [2.45, 2.75) is 32.7 Å². The van der Waals surface area contributed by atoms with Gasteiger partial charge in [-0.1, -0.05) is 13.3 Å². The summed E-state index contributed by atoms with van der Waals surface area (Å²) in [5.41, 5.74) is 0.746. The normalized spacial score (nSPS) is 12.1. The van der Waals surface area contributed by atoms with E-state index in [1.165, 1.54) is 11.6 Å². The van der Waals surface area contributed by atoms with E-state index < -0.39 is 12.0 Å². The maximum Gasteiger partial charge on any atom is 0.328 e. The number of hydrogen-bond acceptors (Lipinski definition) is 5. The molecule has 0 aliphatic carbocycles. The molecule has 1 aromatic carbocycles. The van der Waals surface area contributed by atoms with Crippen LogP contribution >= 0.6 is 0 Å². The van der Waals surface area contributed by atoms with Gasteiger partial charge in [0.15, 0.2) is 11.9 Å². The first-order chi connectivity index (χ1) is 10.1. The van der Waals surface area contributed by atoms with Crippen LogP contribution in [0, 0.1) is 0 Å². The van der Waals surface area contributed by atoms with Crippen molar-refractivity contribution in [2.75, 3.05) is 6.61 Å². The lowest BCUT2D eigenvalue weighted by atomic mass is 10.2. The highest BCUT2D eigenvalue weighted by molar-refractivity contribution is 5.72. The summed E-state index contributed by atoms with van der Waals surface area (Å²) in [6.45, 7) is 4.32. The first-order valence-electron chi connectivity index (χ1n) is 6.87. The van der Waals surface area contributed by atoms with E-state index >= 15 is 0 Å². The zero-order valence-electron chi connectivity index (χ0n) is 12.1. The number of unbranched alkanes of at least 4 members (excludes halogenated alkanes) is 1. The smallest absolute Gasteiger partial charge is 0.328 e. The number of rotatable bonds is 7. The number of carboxylic acid groups (broad SMARTS) is 1. The number of aromatic nitrogens is 4. The highest BCUT2D eigenvalue weighted by Crippen LogP contribution is 2.22. The van der Waals surface area contributed by atoms with Gasteiger partial charge in [0.1, 0.15) is 5.75 Å². The second-order valence-electron chi connectivity index (χ2n) is 4.69. The Bertz CT molecular complexity index is 595. The van der Waals surface area contributed by atoms with Crippen molar-refractivity contribution in [3.05, 3.63) is 24.3 Å². The minimum absolute atomic E-state index is 0.421. The van der Waals surface area contributed by atoms with E-state index in [0.29, 0.717) is 12.4 Å². The molecule has 2 rings (SSSR count). The number of tetrazole rings is 1. The lowest BCUT2D eigenvalue weighted by Gasteiger charge is -2.09. The van der Waals surface area contributed by atoms with Crippen molar-refractivity contribution in [3.63, 3.8) is 0 Å². The van der Waals surface area contributed by atoms with E-state index in [1.807, 2.05) is 24.3 Å². The highest BCUT2D eigenvalue weighted by Gasteiger charge is 2.20. The van der Waals surface area contributed by atoms with Crippen LogP contribution in [0.3, 0.4) is 0 Å². The molecule has 0 saturated carbocycles. The molecule has 0 saturated heterocycles. The molecule has 1 N–H and O–H groups in total. The number of hydrogen-bond donors (Lipinski definition) is 1. The Morgan fingerprint density at radius 1 is 1.38 bits per heavy atom. The van der Waals surface area contributed by atoms with Crippen molar-refractivity contribution in [1.29, 1.82) is 0 Å². The van der Waals surface area contributed by atoms with Crippen molar-refractivity contribution < 1.29 is 14.6 Å². The average Bonchev–Trinajstić information content (AvgIpc) is 2.96. The molecular weight excluding hydrogens is 272 g/mol. The van der Waals surface area contributed by atoms with Crippen molar-refractivity contribution in [1.82, 2.24) is 20.2 Å². The van der Waals surface area contributed by atoms with Crippen molar-refractivity contribution in [3.8, 4) is 17.1 Å². The second kappa shape index (κ2) is 6.83. The molecule has 2 aromatic rings. The molecule has 1 heterocycles. The molecule has 0 aliphatic rings. The Labute approximate surface area is 122 Å². The predicted molar refractivity (Wildman–Crippen MR) is 76.0 cm³/mol. The van der Waals surface area contributed by atoms with Gasteiger partial charge in [0.25, 0.3) is 0 Å². The standard InChI is InChI=1S/C14H18N4O3/c1-3-4-9-21-12-7-5-11(6-8-12)13-15-16-17-18(13)10(2)14(19)20/h5-8,10H,3-4,9H2,1-2H3,(H,19,20). The molecule has 7 heteroatoms. The van der Waals surface area contributed by atoms with Gasteiger partial charge < -0.3 is 9.84 Å². The van der Waals surface area contributed by atoms with Gasteiger partial charge in [-0.05, 0) is 48.0 Å². The highest BCUT2D eigenvalue weighted by atomic mass is 16.5. The average molecular weight is 290 g/mol. The number of benzene rings is 1. The summed E-state index contributed by atoms with van der Waals surface area (Å²) < 4.78 is 6.87. The van der Waals surface area contributed by atoms with Crippen LogP contribution in [0.15, 0.2) is 24.3 Å². The summed E-state index contributed by atoms with van der Waals surface area (Å²) in [4.78, 5) is 11.0. The third kappa shape index (κ3) is 3.56. The Morgan fingerprint density at radius 3 is 2.71 bits per heavy atom. The lowest BCUT2D eigenvalue weighted by molar-refractivity contribution is -0.140. The fraction of sp³-hybridized carbons (Fsp3) is 0.429. The zero-order valence-corrected chi connectivity index (χ0v) is 12.1. The third-order valence-electron chi connectivity index (χ3n) is 3.10. The van der Waals surface area contributed by atoms with Gasteiger partial charge in [0.2, 0.25) is 0 Å². The van der Waals surface area contributed by atoms with Crippen LogP contribution in [0.4, 0.5) is 0 Å². The van der Waals surface area contributed by atoms with Gasteiger partial charge in [-0.2, -0.15) is 0 Å². The molecule has 1 unspecified atom stereocenters. The summed E-state index contributed by atoms with van der Waals surface area (Å²) in [5.74, 6) is 0.214. The molecule has 1 atom stereocenters. The Morgan fingerprint density at radius 2 is 2.10 bits per heavy atom. The van der Waals surface area contributed by atoms with Crippen LogP contribution in [-0.2, 0) is 4.79 Å². The van der Waals surface area contributed by atoms with Gasteiger partial charge >= 0.3 is 5.97 Å². The zero-order chi connectivity index (χ0) is 15.2. The summed E-state index contributed by atoms with van der Waals surface area (Å²) >= 11 is 0. The summed E-state index contributed by atoms with van der Waals surface area (Å²) in [5, 5.41) is 20.2.